The van der Waals surface area contributed by atoms with E-state index in [1.165, 1.54) is 36.6 Å². The van der Waals surface area contributed by atoms with E-state index in [-0.39, 0.29) is 11.3 Å². The number of hydrogen-bond acceptors (Lipinski definition) is 6. The molecule has 1 N–H and O–H groups in total. The highest BCUT2D eigenvalue weighted by Gasteiger charge is 2.28. The third kappa shape index (κ3) is 3.25. The Labute approximate surface area is 147 Å². The Morgan fingerprint density at radius 3 is 2.68 bits per heavy atom. The normalized spacial score (nSPS) is 13.0. The summed E-state index contributed by atoms with van der Waals surface area (Å²) >= 11 is 1.34. The van der Waals surface area contributed by atoms with Gasteiger partial charge in [-0.05, 0) is 37.3 Å². The summed E-state index contributed by atoms with van der Waals surface area (Å²) in [4.78, 5) is 36.3. The van der Waals surface area contributed by atoms with Crippen molar-refractivity contribution in [3.63, 3.8) is 0 Å². The average molecular weight is 360 g/mol. The second kappa shape index (κ2) is 7.02. The summed E-state index contributed by atoms with van der Waals surface area (Å²) in [6, 6.07) is 5.72. The lowest BCUT2D eigenvalue weighted by Gasteiger charge is -2.11. The first kappa shape index (κ1) is 17.1. The molecule has 2 aromatic rings. The van der Waals surface area contributed by atoms with Crippen molar-refractivity contribution >= 4 is 33.9 Å². The van der Waals surface area contributed by atoms with Gasteiger partial charge in [0.1, 0.15) is 10.6 Å². The van der Waals surface area contributed by atoms with Gasteiger partial charge in [-0.1, -0.05) is 12.1 Å². The lowest BCUT2D eigenvalue weighted by atomic mass is 9.95. The third-order valence-electron chi connectivity index (χ3n) is 4.13. The smallest absolute Gasteiger partial charge is 0.341 e. The van der Waals surface area contributed by atoms with Gasteiger partial charge in [-0.2, -0.15) is 0 Å². The summed E-state index contributed by atoms with van der Waals surface area (Å²) in [5.74, 6) is -1.12. The number of ether oxygens (including phenoxy) is 1. The van der Waals surface area contributed by atoms with Crippen LogP contribution in [-0.2, 0) is 17.6 Å². The van der Waals surface area contributed by atoms with Gasteiger partial charge in [0, 0.05) is 10.9 Å². The minimum Gasteiger partial charge on any atom is -0.465 e. The molecule has 0 saturated heterocycles. The van der Waals surface area contributed by atoms with Crippen LogP contribution in [0.15, 0.2) is 24.3 Å². The summed E-state index contributed by atoms with van der Waals surface area (Å²) < 4.78 is 4.86. The second-order valence-corrected chi connectivity index (χ2v) is 6.74. The van der Waals surface area contributed by atoms with Gasteiger partial charge < -0.3 is 10.1 Å². The topological polar surface area (TPSA) is 98.5 Å². The van der Waals surface area contributed by atoms with E-state index < -0.39 is 16.8 Å². The second-order valence-electron chi connectivity index (χ2n) is 5.63. The summed E-state index contributed by atoms with van der Waals surface area (Å²) in [6.07, 6.45) is 3.62. The van der Waals surface area contributed by atoms with Crippen molar-refractivity contribution in [3.8, 4) is 0 Å². The van der Waals surface area contributed by atoms with Crippen molar-refractivity contribution in [1.29, 1.82) is 0 Å². The Kier molecular flexibility index (Phi) is 4.80. The zero-order chi connectivity index (χ0) is 18.0. The number of carbonyl (C=O) groups excluding carboxylic acids is 2. The first-order chi connectivity index (χ1) is 12.0. The minimum absolute atomic E-state index is 0.0466. The van der Waals surface area contributed by atoms with E-state index in [2.05, 4.69) is 5.32 Å². The Balaban J connectivity index is 1.98. The number of nitrogens with one attached hydrogen (secondary N) is 1. The van der Waals surface area contributed by atoms with Crippen LogP contribution in [0.3, 0.4) is 0 Å². The number of rotatable bonds is 4. The van der Waals surface area contributed by atoms with E-state index in [1.807, 2.05) is 0 Å². The molecule has 8 heteroatoms. The monoisotopic (exact) mass is 360 g/mol. The number of hydrogen-bond donors (Lipinski definition) is 1. The maximum absolute atomic E-state index is 12.6. The van der Waals surface area contributed by atoms with Crippen LogP contribution in [0.4, 0.5) is 10.7 Å². The average Bonchev–Trinajstić information content (AvgIpc) is 2.98. The van der Waals surface area contributed by atoms with Gasteiger partial charge >= 0.3 is 5.97 Å². The fourth-order valence-electron chi connectivity index (χ4n) is 2.97. The molecule has 1 aromatic heterocycles. The van der Waals surface area contributed by atoms with Crippen molar-refractivity contribution < 1.29 is 19.2 Å². The number of carbonyl (C=O) groups is 2. The molecular weight excluding hydrogens is 344 g/mol. The number of nitro groups is 1. The predicted octanol–water partition coefficient (Wildman–Crippen LogP) is 3.57. The van der Waals surface area contributed by atoms with E-state index in [0.29, 0.717) is 10.6 Å². The number of fused-ring (bicyclic) bond motifs is 1. The first-order valence-corrected chi connectivity index (χ1v) is 8.62. The van der Waals surface area contributed by atoms with Crippen molar-refractivity contribution in [2.24, 2.45) is 0 Å². The maximum atomic E-state index is 12.6. The molecule has 25 heavy (non-hydrogen) atoms. The molecular formula is C17H16N2O5S. The fraction of sp³-hybridized carbons (Fsp3) is 0.294. The Hall–Kier alpha value is -2.74. The number of methoxy groups -OCH3 is 1. The van der Waals surface area contributed by atoms with Crippen LogP contribution in [0.1, 0.15) is 44.0 Å². The molecule has 0 unspecified atom stereocenters. The van der Waals surface area contributed by atoms with E-state index in [4.69, 9.17) is 4.74 Å². The van der Waals surface area contributed by atoms with E-state index in [1.54, 1.807) is 6.07 Å². The van der Waals surface area contributed by atoms with Crippen LogP contribution in [-0.4, -0.2) is 23.9 Å². The van der Waals surface area contributed by atoms with E-state index >= 15 is 0 Å². The Morgan fingerprint density at radius 2 is 1.96 bits per heavy atom. The quantitative estimate of drug-likeness (QED) is 0.510. The highest BCUT2D eigenvalue weighted by Crippen LogP contribution is 2.39. The largest absolute Gasteiger partial charge is 0.465 e. The Bertz CT molecular complexity index is 859. The van der Waals surface area contributed by atoms with Gasteiger partial charge in [0.15, 0.2) is 0 Å². The molecule has 7 nitrogen and oxygen atoms in total. The predicted molar refractivity (Wildman–Crippen MR) is 93.4 cm³/mol. The molecule has 0 radical (unpaired) electrons. The lowest BCUT2D eigenvalue weighted by Crippen LogP contribution is -2.16. The number of aryl methyl sites for hydroxylation is 1. The van der Waals surface area contributed by atoms with Gasteiger partial charge in [-0.3, -0.25) is 14.9 Å². The van der Waals surface area contributed by atoms with Crippen molar-refractivity contribution in [2.75, 3.05) is 12.4 Å². The number of nitrogens with zero attached hydrogens (tertiary/aromatic N) is 1. The zero-order valence-electron chi connectivity index (χ0n) is 13.5. The lowest BCUT2D eigenvalue weighted by molar-refractivity contribution is -0.385. The van der Waals surface area contributed by atoms with Gasteiger partial charge in [-0.25, -0.2) is 4.79 Å². The summed E-state index contributed by atoms with van der Waals surface area (Å²) in [6.45, 7) is 0. The van der Waals surface area contributed by atoms with Crippen molar-refractivity contribution in [1.82, 2.24) is 0 Å². The standard InChI is InChI=1S/C17H16N2O5S/c1-24-17(21)14-11-7-3-5-9-13(11)25-16(14)18-15(20)10-6-2-4-8-12(10)19(22)23/h2,4,6,8H,3,5,7,9H2,1H3,(H,18,20). The van der Waals surface area contributed by atoms with Crippen LogP contribution in [0, 0.1) is 10.1 Å². The van der Waals surface area contributed by atoms with Crippen molar-refractivity contribution in [3.05, 3.63) is 55.9 Å². The molecule has 1 heterocycles. The number of benzene rings is 1. The summed E-state index contributed by atoms with van der Waals surface area (Å²) in [5.41, 5.74) is 0.964. The highest BCUT2D eigenvalue weighted by molar-refractivity contribution is 7.17. The number of anilines is 1. The molecule has 0 fully saturated rings. The van der Waals surface area contributed by atoms with Crippen LogP contribution in [0.5, 0.6) is 0 Å². The molecule has 3 rings (SSSR count). The molecule has 1 amide bonds. The van der Waals surface area contributed by atoms with Crippen LogP contribution < -0.4 is 5.32 Å². The third-order valence-corrected chi connectivity index (χ3v) is 5.34. The van der Waals surface area contributed by atoms with Gasteiger partial charge in [0.05, 0.1) is 17.6 Å². The van der Waals surface area contributed by atoms with Crippen LogP contribution in [0.25, 0.3) is 0 Å². The molecule has 1 aliphatic carbocycles. The van der Waals surface area contributed by atoms with Crippen molar-refractivity contribution in [2.45, 2.75) is 25.7 Å². The summed E-state index contributed by atoms with van der Waals surface area (Å²) in [5, 5.41) is 14.2. The minimum atomic E-state index is -0.615. The molecule has 0 saturated carbocycles. The zero-order valence-corrected chi connectivity index (χ0v) is 14.4. The van der Waals surface area contributed by atoms with Gasteiger partial charge in [-0.15, -0.1) is 11.3 Å². The molecule has 1 aromatic carbocycles. The number of amides is 1. The van der Waals surface area contributed by atoms with E-state index in [0.717, 1.165) is 36.1 Å². The SMILES string of the molecule is COC(=O)c1c(NC(=O)c2ccccc2[N+](=O)[O-])sc2c1CCCC2. The van der Waals surface area contributed by atoms with Crippen LogP contribution >= 0.6 is 11.3 Å². The number of thiophene rings is 1. The van der Waals surface area contributed by atoms with Gasteiger partial charge in [0.2, 0.25) is 0 Å². The van der Waals surface area contributed by atoms with Gasteiger partial charge in [0.25, 0.3) is 11.6 Å². The fourth-order valence-corrected chi connectivity index (χ4v) is 4.24. The molecule has 1 aliphatic rings. The number of nitro benzene ring substituents is 1. The molecule has 0 aliphatic heterocycles. The molecule has 0 bridgehead atoms. The first-order valence-electron chi connectivity index (χ1n) is 7.80. The molecule has 0 atom stereocenters. The Morgan fingerprint density at radius 1 is 1.24 bits per heavy atom. The van der Waals surface area contributed by atoms with Crippen LogP contribution in [0.2, 0.25) is 0 Å². The number of esters is 1. The molecule has 0 spiro atoms. The maximum Gasteiger partial charge on any atom is 0.341 e. The highest BCUT2D eigenvalue weighted by atomic mass is 32.1. The summed E-state index contributed by atoms with van der Waals surface area (Å²) in [7, 11) is 1.29. The van der Waals surface area contributed by atoms with E-state index in [9.17, 15) is 19.7 Å². The molecule has 130 valence electrons. The number of para-hydroxylation sites is 1.